The van der Waals surface area contributed by atoms with Crippen molar-refractivity contribution in [1.82, 2.24) is 19.7 Å². The lowest BCUT2D eigenvalue weighted by molar-refractivity contribution is 0.176. The number of hydrogen-bond acceptors (Lipinski definition) is 6. The minimum Gasteiger partial charge on any atom is -0.491 e. The second-order valence-corrected chi connectivity index (χ2v) is 6.10. The Kier molecular flexibility index (Phi) is 6.04. The number of alkyl halides is 1. The number of hydrogen-bond donors (Lipinski definition) is 2. The highest BCUT2D eigenvalue weighted by atomic mass is 35.5. The van der Waals surface area contributed by atoms with E-state index < -0.39 is 0 Å². The first-order valence-corrected chi connectivity index (χ1v) is 8.73. The molecule has 1 atom stereocenters. The van der Waals surface area contributed by atoms with Crippen LogP contribution in [0.2, 0.25) is 0 Å². The molecule has 0 saturated heterocycles. The van der Waals surface area contributed by atoms with Crippen molar-refractivity contribution in [3.05, 3.63) is 54.6 Å². The Morgan fingerprint density at radius 1 is 1.27 bits per heavy atom. The summed E-state index contributed by atoms with van der Waals surface area (Å²) < 4.78 is 7.36. The van der Waals surface area contributed by atoms with Crippen LogP contribution in [0, 0.1) is 12.8 Å². The monoisotopic (exact) mass is 373 g/mol. The Bertz CT molecular complexity index is 837. The molecule has 0 radical (unpaired) electrons. The number of aliphatic hydroxyl groups is 1. The molecule has 2 aromatic heterocycles. The number of rotatable bonds is 8. The van der Waals surface area contributed by atoms with E-state index in [0.29, 0.717) is 24.2 Å². The van der Waals surface area contributed by atoms with Crippen LogP contribution in [0.4, 0.5) is 11.6 Å². The molecule has 2 heterocycles. The van der Waals surface area contributed by atoms with Crippen LogP contribution in [0.5, 0.6) is 5.75 Å². The van der Waals surface area contributed by atoms with Gasteiger partial charge < -0.3 is 15.2 Å². The Balaban J connectivity index is 1.71. The number of benzene rings is 1. The van der Waals surface area contributed by atoms with Gasteiger partial charge in [0.05, 0.1) is 36.5 Å². The molecule has 136 valence electrons. The zero-order chi connectivity index (χ0) is 18.4. The summed E-state index contributed by atoms with van der Waals surface area (Å²) in [6.45, 7) is 2.19. The molecule has 0 saturated carbocycles. The Morgan fingerprint density at radius 2 is 2.08 bits per heavy atom. The highest BCUT2D eigenvalue weighted by molar-refractivity contribution is 6.18. The van der Waals surface area contributed by atoms with Gasteiger partial charge in [-0.2, -0.15) is 4.98 Å². The van der Waals surface area contributed by atoms with Crippen LogP contribution < -0.4 is 10.1 Å². The van der Waals surface area contributed by atoms with Crippen molar-refractivity contribution in [2.45, 2.75) is 6.92 Å². The average molecular weight is 374 g/mol. The molecule has 26 heavy (non-hydrogen) atoms. The molecule has 7 nitrogen and oxygen atoms in total. The van der Waals surface area contributed by atoms with Gasteiger partial charge in [0.15, 0.2) is 0 Å². The molecule has 0 fully saturated rings. The predicted octanol–water partition coefficient (Wildman–Crippen LogP) is 2.94. The van der Waals surface area contributed by atoms with Crippen LogP contribution in [-0.4, -0.2) is 43.9 Å². The van der Waals surface area contributed by atoms with Crippen molar-refractivity contribution in [3.63, 3.8) is 0 Å². The second-order valence-electron chi connectivity index (χ2n) is 5.79. The molecule has 8 heteroatoms. The van der Waals surface area contributed by atoms with Gasteiger partial charge in [-0.25, -0.2) is 4.68 Å². The van der Waals surface area contributed by atoms with Gasteiger partial charge in [0.1, 0.15) is 12.1 Å². The zero-order valence-corrected chi connectivity index (χ0v) is 15.1. The summed E-state index contributed by atoms with van der Waals surface area (Å²) in [6.07, 6.45) is 3.28. The molecule has 0 bridgehead atoms. The third-order valence-electron chi connectivity index (χ3n) is 3.78. The van der Waals surface area contributed by atoms with Gasteiger partial charge in [-0.15, -0.1) is 16.7 Å². The van der Waals surface area contributed by atoms with E-state index in [-0.39, 0.29) is 12.5 Å². The maximum Gasteiger partial charge on any atom is 0.247 e. The number of pyridine rings is 1. The maximum absolute atomic E-state index is 9.18. The number of aliphatic hydroxyl groups excluding tert-OH is 1. The van der Waals surface area contributed by atoms with Gasteiger partial charge in [0.25, 0.3) is 0 Å². The summed E-state index contributed by atoms with van der Waals surface area (Å²) >= 11 is 5.76. The fourth-order valence-electron chi connectivity index (χ4n) is 2.23. The highest BCUT2D eigenvalue weighted by Gasteiger charge is 2.10. The van der Waals surface area contributed by atoms with Gasteiger partial charge in [-0.05, 0) is 19.1 Å². The molecule has 3 aromatic rings. The van der Waals surface area contributed by atoms with Crippen molar-refractivity contribution in [2.75, 3.05) is 24.4 Å². The van der Waals surface area contributed by atoms with Gasteiger partial charge in [0, 0.05) is 17.9 Å². The van der Waals surface area contributed by atoms with Crippen molar-refractivity contribution in [1.29, 1.82) is 0 Å². The van der Waals surface area contributed by atoms with Gasteiger partial charge in [-0.1, -0.05) is 18.2 Å². The number of anilines is 2. The normalized spacial score (nSPS) is 12.0. The second kappa shape index (κ2) is 8.64. The lowest BCUT2D eigenvalue weighted by Gasteiger charge is -2.13. The Hall–Kier alpha value is -2.64. The van der Waals surface area contributed by atoms with Crippen LogP contribution in [0.3, 0.4) is 0 Å². The quantitative estimate of drug-likeness (QED) is 0.590. The van der Waals surface area contributed by atoms with Crippen LogP contribution in [0.15, 0.2) is 48.9 Å². The Labute approximate surface area is 156 Å². The molecule has 1 unspecified atom stereocenters. The number of aromatic nitrogens is 4. The summed E-state index contributed by atoms with van der Waals surface area (Å²) in [5.74, 6) is 1.27. The summed E-state index contributed by atoms with van der Waals surface area (Å²) in [7, 11) is 0. The van der Waals surface area contributed by atoms with E-state index in [2.05, 4.69) is 20.4 Å². The van der Waals surface area contributed by atoms with Crippen LogP contribution in [-0.2, 0) is 0 Å². The first-order valence-electron chi connectivity index (χ1n) is 8.20. The van der Waals surface area contributed by atoms with Crippen molar-refractivity contribution in [3.8, 4) is 11.4 Å². The lowest BCUT2D eigenvalue weighted by atomic mass is 10.2. The number of ether oxygens (including phenoxy) is 1. The van der Waals surface area contributed by atoms with E-state index in [4.69, 9.17) is 16.3 Å². The van der Waals surface area contributed by atoms with Crippen LogP contribution in [0.25, 0.3) is 5.69 Å². The smallest absolute Gasteiger partial charge is 0.247 e. The number of para-hydroxylation sites is 1. The summed E-state index contributed by atoms with van der Waals surface area (Å²) in [4.78, 5) is 8.61. The van der Waals surface area contributed by atoms with E-state index in [1.165, 1.54) is 0 Å². The first kappa shape index (κ1) is 18.2. The molecule has 2 N–H and O–H groups in total. The highest BCUT2D eigenvalue weighted by Crippen LogP contribution is 2.23. The van der Waals surface area contributed by atoms with Crippen molar-refractivity contribution >= 4 is 23.2 Å². The van der Waals surface area contributed by atoms with Crippen LogP contribution in [0.1, 0.15) is 5.69 Å². The van der Waals surface area contributed by atoms with E-state index in [1.54, 1.807) is 17.2 Å². The number of nitrogens with zero attached hydrogens (tertiary/aromatic N) is 4. The van der Waals surface area contributed by atoms with Gasteiger partial charge in [0.2, 0.25) is 5.95 Å². The third kappa shape index (κ3) is 4.50. The van der Waals surface area contributed by atoms with E-state index in [1.807, 2.05) is 43.3 Å². The fourth-order valence-corrected chi connectivity index (χ4v) is 2.41. The van der Waals surface area contributed by atoms with Crippen LogP contribution >= 0.6 is 11.6 Å². The Morgan fingerprint density at radius 3 is 2.81 bits per heavy atom. The average Bonchev–Trinajstić information content (AvgIpc) is 3.14. The minimum absolute atomic E-state index is 0.0191. The SMILES string of the molecule is Cc1ncc(OCC(CO)CCl)cc1Nc1ncn(-c2ccccc2)n1. The number of halogens is 1. The molecular formula is C18H20ClN5O2. The van der Waals surface area contributed by atoms with Gasteiger partial charge in [-0.3, -0.25) is 4.98 Å². The molecule has 0 aliphatic heterocycles. The van der Waals surface area contributed by atoms with Gasteiger partial charge >= 0.3 is 0 Å². The van der Waals surface area contributed by atoms with E-state index in [0.717, 1.165) is 17.1 Å². The van der Waals surface area contributed by atoms with E-state index in [9.17, 15) is 5.11 Å². The fraction of sp³-hybridized carbons (Fsp3) is 0.278. The van der Waals surface area contributed by atoms with Crippen molar-refractivity contribution < 1.29 is 9.84 Å². The zero-order valence-electron chi connectivity index (χ0n) is 14.3. The topological polar surface area (TPSA) is 85.1 Å². The predicted molar refractivity (Wildman–Crippen MR) is 100 cm³/mol. The van der Waals surface area contributed by atoms with E-state index >= 15 is 0 Å². The molecule has 1 aromatic carbocycles. The molecular weight excluding hydrogens is 354 g/mol. The largest absolute Gasteiger partial charge is 0.491 e. The first-order chi connectivity index (χ1) is 12.7. The van der Waals surface area contributed by atoms with Crippen molar-refractivity contribution in [2.24, 2.45) is 5.92 Å². The molecule has 0 spiro atoms. The molecule has 0 amide bonds. The standard InChI is InChI=1S/C18H20ClN5O2/c1-13-17(7-16(9-20-13)26-11-14(8-19)10-25)22-18-21-12-24(23-18)15-5-3-2-4-6-15/h2-7,9,12,14,25H,8,10-11H2,1H3,(H,22,23). The molecule has 0 aliphatic carbocycles. The molecule has 3 rings (SSSR count). The third-order valence-corrected chi connectivity index (χ3v) is 4.22. The summed E-state index contributed by atoms with van der Waals surface area (Å²) in [6, 6.07) is 11.6. The minimum atomic E-state index is -0.113. The molecule has 0 aliphatic rings. The summed E-state index contributed by atoms with van der Waals surface area (Å²) in [5.41, 5.74) is 2.47. The number of nitrogens with one attached hydrogen (secondary N) is 1. The number of aryl methyl sites for hydroxylation is 1. The maximum atomic E-state index is 9.18. The lowest BCUT2D eigenvalue weighted by Crippen LogP contribution is -2.17. The summed E-state index contributed by atoms with van der Waals surface area (Å²) in [5, 5.41) is 16.8.